The first-order chi connectivity index (χ1) is 8.53. The standard InChI is InChI=1S/C10H15BrN2O3S2/c11-10-9(5-8(6-12)17-10)18(14,15)13-7-1-3-16-4-2-7/h5,7,13H,1-4,6,12H2. The first-order valence-electron chi connectivity index (χ1n) is 5.61. The second kappa shape index (κ2) is 5.98. The predicted molar refractivity (Wildman–Crippen MR) is 74.1 cm³/mol. The van der Waals surface area contributed by atoms with Gasteiger partial charge in [-0.15, -0.1) is 11.3 Å². The first kappa shape index (κ1) is 14.4. The third-order valence-corrected chi connectivity index (χ3v) is 6.54. The van der Waals surface area contributed by atoms with Crippen LogP contribution in [0.4, 0.5) is 0 Å². The van der Waals surface area contributed by atoms with Crippen molar-refractivity contribution in [3.63, 3.8) is 0 Å². The van der Waals surface area contributed by atoms with Crippen LogP contribution >= 0.6 is 27.3 Å². The van der Waals surface area contributed by atoms with Crippen molar-refractivity contribution in [1.82, 2.24) is 4.72 Å². The second-order valence-electron chi connectivity index (χ2n) is 4.06. The van der Waals surface area contributed by atoms with E-state index in [-0.39, 0.29) is 10.9 Å². The molecule has 1 aliphatic rings. The van der Waals surface area contributed by atoms with Gasteiger partial charge >= 0.3 is 0 Å². The van der Waals surface area contributed by atoms with E-state index in [1.54, 1.807) is 6.07 Å². The van der Waals surface area contributed by atoms with Crippen LogP contribution in [0.1, 0.15) is 17.7 Å². The zero-order chi connectivity index (χ0) is 13.2. The quantitative estimate of drug-likeness (QED) is 0.856. The molecule has 1 fully saturated rings. The highest BCUT2D eigenvalue weighted by Gasteiger charge is 2.25. The number of sulfonamides is 1. The van der Waals surface area contributed by atoms with Gasteiger partial charge in [0.15, 0.2) is 0 Å². The minimum atomic E-state index is -3.48. The summed E-state index contributed by atoms with van der Waals surface area (Å²) < 4.78 is 33.0. The number of nitrogens with two attached hydrogens (primary N) is 1. The van der Waals surface area contributed by atoms with E-state index in [1.165, 1.54) is 11.3 Å². The Morgan fingerprint density at radius 3 is 2.72 bits per heavy atom. The van der Waals surface area contributed by atoms with Crippen LogP contribution in [0.2, 0.25) is 0 Å². The van der Waals surface area contributed by atoms with Crippen molar-refractivity contribution < 1.29 is 13.2 Å². The summed E-state index contributed by atoms with van der Waals surface area (Å²) in [6.07, 6.45) is 1.43. The average Bonchev–Trinajstić information content (AvgIpc) is 2.72. The van der Waals surface area contributed by atoms with Crippen molar-refractivity contribution in [2.45, 2.75) is 30.3 Å². The highest BCUT2D eigenvalue weighted by Crippen LogP contribution is 2.31. The SMILES string of the molecule is NCc1cc(S(=O)(=O)NC2CCOCC2)c(Br)s1. The van der Waals surface area contributed by atoms with Gasteiger partial charge in [-0.25, -0.2) is 13.1 Å². The van der Waals surface area contributed by atoms with E-state index in [1.807, 2.05) is 0 Å². The molecule has 0 atom stereocenters. The van der Waals surface area contributed by atoms with Crippen molar-refractivity contribution in [3.05, 3.63) is 14.7 Å². The molecule has 5 nitrogen and oxygen atoms in total. The smallest absolute Gasteiger partial charge is 0.242 e. The van der Waals surface area contributed by atoms with Gasteiger partial charge in [-0.3, -0.25) is 0 Å². The largest absolute Gasteiger partial charge is 0.381 e. The zero-order valence-electron chi connectivity index (χ0n) is 9.69. The number of nitrogens with one attached hydrogen (secondary N) is 1. The molecule has 0 saturated carbocycles. The lowest BCUT2D eigenvalue weighted by atomic mass is 10.1. The van der Waals surface area contributed by atoms with Gasteiger partial charge in [0.25, 0.3) is 0 Å². The number of thiophene rings is 1. The molecule has 1 aromatic heterocycles. The van der Waals surface area contributed by atoms with E-state index in [0.29, 0.717) is 36.4 Å². The van der Waals surface area contributed by atoms with Crippen molar-refractivity contribution in [3.8, 4) is 0 Å². The Balaban J connectivity index is 2.16. The molecule has 3 N–H and O–H groups in total. The van der Waals surface area contributed by atoms with Crippen molar-refractivity contribution in [2.24, 2.45) is 5.73 Å². The fraction of sp³-hybridized carbons (Fsp3) is 0.600. The van der Waals surface area contributed by atoms with Gasteiger partial charge in [-0.05, 0) is 34.8 Å². The van der Waals surface area contributed by atoms with Crippen LogP contribution in [0, 0.1) is 0 Å². The van der Waals surface area contributed by atoms with Crippen LogP contribution in [0.5, 0.6) is 0 Å². The Hall–Kier alpha value is 0.01000. The van der Waals surface area contributed by atoms with E-state index >= 15 is 0 Å². The van der Waals surface area contributed by atoms with Crippen LogP contribution in [-0.4, -0.2) is 27.7 Å². The van der Waals surface area contributed by atoms with Crippen LogP contribution in [0.25, 0.3) is 0 Å². The van der Waals surface area contributed by atoms with Crippen molar-refractivity contribution in [1.29, 1.82) is 0 Å². The van der Waals surface area contributed by atoms with Gasteiger partial charge in [0.1, 0.15) is 4.90 Å². The second-order valence-corrected chi connectivity index (χ2v) is 8.20. The molecular weight excluding hydrogens is 340 g/mol. The van der Waals surface area contributed by atoms with E-state index in [0.717, 1.165) is 4.88 Å². The summed E-state index contributed by atoms with van der Waals surface area (Å²) in [5, 5.41) is 0. The van der Waals surface area contributed by atoms with Crippen LogP contribution < -0.4 is 10.5 Å². The predicted octanol–water partition coefficient (Wildman–Crippen LogP) is 1.43. The highest BCUT2D eigenvalue weighted by atomic mass is 79.9. The van der Waals surface area contributed by atoms with Gasteiger partial charge in [0.2, 0.25) is 10.0 Å². The molecule has 0 aromatic carbocycles. The van der Waals surface area contributed by atoms with Crippen LogP contribution in [0.3, 0.4) is 0 Å². The van der Waals surface area contributed by atoms with Gasteiger partial charge in [-0.1, -0.05) is 0 Å². The van der Waals surface area contributed by atoms with E-state index in [2.05, 4.69) is 20.7 Å². The number of hydrogen-bond donors (Lipinski definition) is 2. The Morgan fingerprint density at radius 1 is 1.50 bits per heavy atom. The fourth-order valence-electron chi connectivity index (χ4n) is 1.78. The molecule has 18 heavy (non-hydrogen) atoms. The Morgan fingerprint density at radius 2 is 2.17 bits per heavy atom. The molecule has 0 aliphatic carbocycles. The number of halogens is 1. The lowest BCUT2D eigenvalue weighted by molar-refractivity contribution is 0.0832. The van der Waals surface area contributed by atoms with Crippen molar-refractivity contribution >= 4 is 37.3 Å². The molecular formula is C10H15BrN2O3S2. The molecule has 0 amide bonds. The van der Waals surface area contributed by atoms with Gasteiger partial charge < -0.3 is 10.5 Å². The topological polar surface area (TPSA) is 81.4 Å². The van der Waals surface area contributed by atoms with Crippen LogP contribution in [-0.2, 0) is 21.3 Å². The lowest BCUT2D eigenvalue weighted by Crippen LogP contribution is -2.38. The van der Waals surface area contributed by atoms with E-state index in [4.69, 9.17) is 10.5 Å². The molecule has 1 aromatic rings. The monoisotopic (exact) mass is 354 g/mol. The third kappa shape index (κ3) is 3.31. The summed E-state index contributed by atoms with van der Waals surface area (Å²) in [6, 6.07) is 1.58. The normalized spacial score (nSPS) is 18.1. The molecule has 102 valence electrons. The molecule has 0 spiro atoms. The third-order valence-electron chi connectivity index (χ3n) is 2.74. The summed E-state index contributed by atoms with van der Waals surface area (Å²) >= 11 is 4.63. The highest BCUT2D eigenvalue weighted by molar-refractivity contribution is 9.11. The number of ether oxygens (including phenoxy) is 1. The van der Waals surface area contributed by atoms with E-state index in [9.17, 15) is 8.42 Å². The zero-order valence-corrected chi connectivity index (χ0v) is 12.9. The molecule has 1 saturated heterocycles. The minimum absolute atomic E-state index is 0.0446. The molecule has 2 rings (SSSR count). The maximum absolute atomic E-state index is 12.2. The van der Waals surface area contributed by atoms with Gasteiger partial charge in [-0.2, -0.15) is 0 Å². The summed E-state index contributed by atoms with van der Waals surface area (Å²) in [5.74, 6) is 0. The molecule has 0 bridgehead atoms. The summed E-state index contributed by atoms with van der Waals surface area (Å²) in [6.45, 7) is 1.55. The molecule has 8 heteroatoms. The number of hydrogen-bond acceptors (Lipinski definition) is 5. The molecule has 2 heterocycles. The van der Waals surface area contributed by atoms with Gasteiger partial charge in [0.05, 0.1) is 3.79 Å². The fourth-order valence-corrected chi connectivity index (χ4v) is 5.65. The Kier molecular flexibility index (Phi) is 4.79. The lowest BCUT2D eigenvalue weighted by Gasteiger charge is -2.22. The molecule has 0 radical (unpaired) electrons. The minimum Gasteiger partial charge on any atom is -0.381 e. The van der Waals surface area contributed by atoms with Crippen LogP contribution in [0.15, 0.2) is 14.7 Å². The number of rotatable bonds is 4. The van der Waals surface area contributed by atoms with Gasteiger partial charge in [0, 0.05) is 30.7 Å². The average molecular weight is 355 g/mol. The maximum atomic E-state index is 12.2. The van der Waals surface area contributed by atoms with E-state index < -0.39 is 10.0 Å². The molecule has 1 aliphatic heterocycles. The summed E-state index contributed by atoms with van der Waals surface area (Å²) in [4.78, 5) is 1.12. The van der Waals surface area contributed by atoms with Crippen molar-refractivity contribution in [2.75, 3.05) is 13.2 Å². The maximum Gasteiger partial charge on any atom is 0.242 e. The Labute approximate surface area is 119 Å². The molecule has 0 unspecified atom stereocenters. The summed E-state index contributed by atoms with van der Waals surface area (Å²) in [7, 11) is -3.48. The first-order valence-corrected chi connectivity index (χ1v) is 8.70. The Bertz CT molecular complexity index is 509. The summed E-state index contributed by atoms with van der Waals surface area (Å²) in [5.41, 5.74) is 5.52.